The number of rotatable bonds is 4. The Kier molecular flexibility index (Phi) is 4.34. The first-order valence-corrected chi connectivity index (χ1v) is 5.99. The van der Waals surface area contributed by atoms with E-state index in [9.17, 15) is 4.39 Å². The lowest BCUT2D eigenvalue weighted by Gasteiger charge is -2.28. The smallest absolute Gasteiger partial charge is 0.125 e. The topological polar surface area (TPSA) is 24.5 Å². The van der Waals surface area contributed by atoms with Crippen LogP contribution >= 0.6 is 0 Å². The first-order valence-electron chi connectivity index (χ1n) is 5.99. The predicted molar refractivity (Wildman–Crippen MR) is 66.0 cm³/mol. The molecule has 0 bridgehead atoms. The van der Waals surface area contributed by atoms with Gasteiger partial charge in [0.2, 0.25) is 0 Å². The largest absolute Gasteiger partial charge is 0.496 e. The fourth-order valence-electron chi connectivity index (χ4n) is 2.21. The second kappa shape index (κ2) is 5.98. The van der Waals surface area contributed by atoms with Gasteiger partial charge in [-0.25, -0.2) is 4.39 Å². The summed E-state index contributed by atoms with van der Waals surface area (Å²) in [5.74, 6) is 0.653. The molecule has 1 aromatic rings. The van der Waals surface area contributed by atoms with Gasteiger partial charge in [-0.05, 0) is 11.6 Å². The molecule has 0 spiro atoms. The van der Waals surface area contributed by atoms with Gasteiger partial charge in [-0.15, -0.1) is 0 Å². The summed E-state index contributed by atoms with van der Waals surface area (Å²) in [6.45, 7) is 4.39. The van der Waals surface area contributed by atoms with Crippen molar-refractivity contribution in [2.75, 3.05) is 33.3 Å². The number of ether oxygens (including phenoxy) is 1. The van der Waals surface area contributed by atoms with Crippen molar-refractivity contribution in [2.45, 2.75) is 13.2 Å². The average Bonchev–Trinajstić information content (AvgIpc) is 2.39. The predicted octanol–water partition coefficient (Wildman–Crippen LogP) is 1.57. The van der Waals surface area contributed by atoms with Gasteiger partial charge in [0.1, 0.15) is 12.4 Å². The molecule has 1 aliphatic heterocycles. The third-order valence-corrected chi connectivity index (χ3v) is 3.19. The van der Waals surface area contributed by atoms with Crippen LogP contribution in [0.3, 0.4) is 0 Å². The molecular formula is C13H19FN2O. The molecule has 1 aromatic carbocycles. The molecule has 17 heavy (non-hydrogen) atoms. The van der Waals surface area contributed by atoms with Gasteiger partial charge in [0.15, 0.2) is 0 Å². The van der Waals surface area contributed by atoms with Crippen LogP contribution in [0.2, 0.25) is 0 Å². The maximum Gasteiger partial charge on any atom is 0.125 e. The third kappa shape index (κ3) is 2.96. The van der Waals surface area contributed by atoms with Crippen LogP contribution in [0.4, 0.5) is 4.39 Å². The number of alkyl halides is 1. The van der Waals surface area contributed by atoms with E-state index in [1.165, 1.54) is 0 Å². The SMILES string of the molecule is COc1cccc(CN2CCNCC2)c1CF. The Hall–Kier alpha value is -1.13. The van der Waals surface area contributed by atoms with E-state index < -0.39 is 6.67 Å². The zero-order valence-electron chi connectivity index (χ0n) is 10.2. The van der Waals surface area contributed by atoms with Crippen molar-refractivity contribution in [1.82, 2.24) is 10.2 Å². The molecule has 1 heterocycles. The average molecular weight is 238 g/mol. The van der Waals surface area contributed by atoms with Crippen LogP contribution in [0.15, 0.2) is 18.2 Å². The van der Waals surface area contributed by atoms with E-state index in [4.69, 9.17) is 4.74 Å². The molecular weight excluding hydrogens is 219 g/mol. The zero-order chi connectivity index (χ0) is 12.1. The van der Waals surface area contributed by atoms with E-state index in [-0.39, 0.29) is 0 Å². The van der Waals surface area contributed by atoms with E-state index >= 15 is 0 Å². The second-order valence-electron chi connectivity index (χ2n) is 4.26. The number of nitrogens with one attached hydrogen (secondary N) is 1. The minimum absolute atomic E-state index is 0.467. The molecule has 2 rings (SSSR count). The van der Waals surface area contributed by atoms with Gasteiger partial charge >= 0.3 is 0 Å². The first kappa shape index (κ1) is 12.3. The van der Waals surface area contributed by atoms with E-state index in [2.05, 4.69) is 10.2 Å². The molecule has 0 amide bonds. The van der Waals surface area contributed by atoms with Crippen LogP contribution in [0.5, 0.6) is 5.75 Å². The van der Waals surface area contributed by atoms with E-state index in [0.29, 0.717) is 11.3 Å². The lowest BCUT2D eigenvalue weighted by molar-refractivity contribution is 0.231. The Morgan fingerprint density at radius 2 is 2.12 bits per heavy atom. The van der Waals surface area contributed by atoms with Crippen molar-refractivity contribution in [1.29, 1.82) is 0 Å². The summed E-state index contributed by atoms with van der Waals surface area (Å²) in [5, 5.41) is 3.31. The normalized spacial score (nSPS) is 17.1. The van der Waals surface area contributed by atoms with Gasteiger partial charge in [0, 0.05) is 38.3 Å². The van der Waals surface area contributed by atoms with Gasteiger partial charge in [0.05, 0.1) is 7.11 Å². The van der Waals surface area contributed by atoms with Gasteiger partial charge in [-0.3, -0.25) is 4.90 Å². The lowest BCUT2D eigenvalue weighted by Crippen LogP contribution is -2.43. The standard InChI is InChI=1S/C13H19FN2O/c1-17-13-4-2-3-11(12(13)9-14)10-16-7-5-15-6-8-16/h2-4,15H,5-10H2,1H3. The molecule has 1 aliphatic rings. The number of halogens is 1. The Labute approximate surface area is 102 Å². The highest BCUT2D eigenvalue weighted by Gasteiger charge is 2.14. The number of nitrogens with zero attached hydrogens (tertiary/aromatic N) is 1. The highest BCUT2D eigenvalue weighted by Crippen LogP contribution is 2.24. The monoisotopic (exact) mass is 238 g/mol. The Morgan fingerprint density at radius 1 is 1.35 bits per heavy atom. The molecule has 0 saturated carbocycles. The molecule has 4 heteroatoms. The molecule has 1 N–H and O–H groups in total. The van der Waals surface area contributed by atoms with Crippen LogP contribution in [0.25, 0.3) is 0 Å². The minimum Gasteiger partial charge on any atom is -0.496 e. The third-order valence-electron chi connectivity index (χ3n) is 3.19. The van der Waals surface area contributed by atoms with Crippen molar-refractivity contribution in [2.24, 2.45) is 0 Å². The summed E-state index contributed by atoms with van der Waals surface area (Å²) in [6.07, 6.45) is 0. The Morgan fingerprint density at radius 3 is 2.76 bits per heavy atom. The molecule has 3 nitrogen and oxygen atoms in total. The molecule has 0 aliphatic carbocycles. The summed E-state index contributed by atoms with van der Waals surface area (Å²) >= 11 is 0. The molecule has 0 unspecified atom stereocenters. The molecule has 0 atom stereocenters. The molecule has 94 valence electrons. The summed E-state index contributed by atoms with van der Waals surface area (Å²) in [7, 11) is 1.59. The van der Waals surface area contributed by atoms with Crippen LogP contribution in [0, 0.1) is 0 Å². The van der Waals surface area contributed by atoms with Crippen molar-refractivity contribution in [3.8, 4) is 5.75 Å². The number of hydrogen-bond acceptors (Lipinski definition) is 3. The van der Waals surface area contributed by atoms with Gasteiger partial charge in [-0.2, -0.15) is 0 Å². The van der Waals surface area contributed by atoms with Crippen LogP contribution in [-0.4, -0.2) is 38.2 Å². The first-order chi connectivity index (χ1) is 8.35. The van der Waals surface area contributed by atoms with Crippen LogP contribution in [-0.2, 0) is 13.2 Å². The summed E-state index contributed by atoms with van der Waals surface area (Å²) < 4.78 is 18.3. The Balaban J connectivity index is 2.13. The van der Waals surface area contributed by atoms with Gasteiger partial charge < -0.3 is 10.1 Å². The van der Waals surface area contributed by atoms with Crippen molar-refractivity contribution in [3.05, 3.63) is 29.3 Å². The van der Waals surface area contributed by atoms with E-state index in [1.807, 2.05) is 18.2 Å². The molecule has 1 fully saturated rings. The maximum atomic E-state index is 13.1. The molecule has 0 radical (unpaired) electrons. The fraction of sp³-hybridized carbons (Fsp3) is 0.538. The number of methoxy groups -OCH3 is 1. The minimum atomic E-state index is -0.467. The fourth-order valence-corrected chi connectivity index (χ4v) is 2.21. The van der Waals surface area contributed by atoms with Gasteiger partial charge in [0.25, 0.3) is 0 Å². The molecule has 0 aromatic heterocycles. The van der Waals surface area contributed by atoms with Crippen LogP contribution in [0.1, 0.15) is 11.1 Å². The van der Waals surface area contributed by atoms with E-state index in [0.717, 1.165) is 38.3 Å². The second-order valence-corrected chi connectivity index (χ2v) is 4.26. The number of hydrogen-bond donors (Lipinski definition) is 1. The number of piperazine rings is 1. The molecule has 1 saturated heterocycles. The van der Waals surface area contributed by atoms with Crippen molar-refractivity contribution in [3.63, 3.8) is 0 Å². The van der Waals surface area contributed by atoms with Crippen molar-refractivity contribution >= 4 is 0 Å². The highest BCUT2D eigenvalue weighted by molar-refractivity contribution is 5.39. The number of benzene rings is 1. The highest BCUT2D eigenvalue weighted by atomic mass is 19.1. The summed E-state index contributed by atoms with van der Waals surface area (Å²) in [6, 6.07) is 5.73. The van der Waals surface area contributed by atoms with Crippen molar-refractivity contribution < 1.29 is 9.13 Å². The quantitative estimate of drug-likeness (QED) is 0.861. The zero-order valence-corrected chi connectivity index (χ0v) is 10.2. The lowest BCUT2D eigenvalue weighted by atomic mass is 10.1. The summed E-state index contributed by atoms with van der Waals surface area (Å²) in [5.41, 5.74) is 1.72. The maximum absolute atomic E-state index is 13.1. The Bertz CT molecular complexity index is 364. The van der Waals surface area contributed by atoms with Gasteiger partial charge in [-0.1, -0.05) is 12.1 Å². The summed E-state index contributed by atoms with van der Waals surface area (Å²) in [4.78, 5) is 2.34. The van der Waals surface area contributed by atoms with E-state index in [1.54, 1.807) is 7.11 Å². The van der Waals surface area contributed by atoms with Crippen LogP contribution < -0.4 is 10.1 Å².